The Morgan fingerprint density at radius 3 is 1.51 bits per heavy atom. The van der Waals surface area contributed by atoms with Crippen molar-refractivity contribution in [3.05, 3.63) is 241 Å². The van der Waals surface area contributed by atoms with Gasteiger partial charge < -0.3 is 9.80 Å². The molecule has 0 fully saturated rings. The second kappa shape index (κ2) is 15.2. The Bertz CT molecular complexity index is 2880. The van der Waals surface area contributed by atoms with Crippen LogP contribution >= 0.6 is 0 Å². The lowest BCUT2D eigenvalue weighted by Crippen LogP contribution is -2.16. The molecule has 0 radical (unpaired) electrons. The molecule has 2 nitrogen and oxygen atoms in total. The molecule has 0 saturated heterocycles. The summed E-state index contributed by atoms with van der Waals surface area (Å²) in [6, 6.07) is 78.8. The van der Waals surface area contributed by atoms with E-state index in [1.165, 1.54) is 49.8 Å². The third-order valence-corrected chi connectivity index (χ3v) is 11.9. The van der Waals surface area contributed by atoms with Crippen LogP contribution in [0.2, 0.25) is 0 Å². The summed E-state index contributed by atoms with van der Waals surface area (Å²) in [5, 5.41) is 2.45. The van der Waals surface area contributed by atoms with Gasteiger partial charge >= 0.3 is 0 Å². The van der Waals surface area contributed by atoms with Gasteiger partial charge in [0.1, 0.15) is 0 Å². The zero-order chi connectivity index (χ0) is 39.8. The maximum Gasteiger partial charge on any atom is 0.0540 e. The molecule has 0 spiro atoms. The number of hydrogen-bond acceptors (Lipinski definition) is 2. The van der Waals surface area contributed by atoms with Gasteiger partial charge in [0.25, 0.3) is 0 Å². The number of benzene rings is 9. The van der Waals surface area contributed by atoms with E-state index in [0.717, 1.165) is 39.6 Å². The highest BCUT2D eigenvalue weighted by Gasteiger charge is 2.35. The van der Waals surface area contributed by atoms with E-state index in [0.29, 0.717) is 0 Å². The molecule has 2 heteroatoms. The van der Waals surface area contributed by atoms with Crippen LogP contribution in [0.5, 0.6) is 0 Å². The summed E-state index contributed by atoms with van der Waals surface area (Å²) in [5.74, 6) is 0. The number of fused-ring (bicyclic) bond motifs is 4. The van der Waals surface area contributed by atoms with Crippen molar-refractivity contribution in [3.8, 4) is 22.3 Å². The Labute approximate surface area is 347 Å². The van der Waals surface area contributed by atoms with Gasteiger partial charge in [-0.05, 0) is 117 Å². The summed E-state index contributed by atoms with van der Waals surface area (Å²) in [6.07, 6.45) is 4.40. The quantitative estimate of drug-likeness (QED) is 0.135. The minimum Gasteiger partial charge on any atom is -0.311 e. The van der Waals surface area contributed by atoms with E-state index in [-0.39, 0.29) is 5.41 Å². The molecule has 0 aromatic heterocycles. The maximum atomic E-state index is 2.42. The Kier molecular flexibility index (Phi) is 9.24. The van der Waals surface area contributed by atoms with Crippen molar-refractivity contribution < 1.29 is 0 Å². The lowest BCUT2D eigenvalue weighted by molar-refractivity contribution is 0.660. The normalized spacial score (nSPS) is 12.6. The third-order valence-electron chi connectivity index (χ3n) is 11.9. The molecule has 282 valence electrons. The van der Waals surface area contributed by atoms with E-state index in [2.05, 4.69) is 254 Å². The van der Waals surface area contributed by atoms with Crippen molar-refractivity contribution in [3.63, 3.8) is 0 Å². The van der Waals surface area contributed by atoms with E-state index in [4.69, 9.17) is 0 Å². The van der Waals surface area contributed by atoms with Gasteiger partial charge in [-0.3, -0.25) is 0 Å². The lowest BCUT2D eigenvalue weighted by Gasteiger charge is -2.29. The summed E-state index contributed by atoms with van der Waals surface area (Å²) in [6.45, 7) is 4.70. The monoisotopic (exact) mass is 756 g/mol. The smallest absolute Gasteiger partial charge is 0.0540 e. The molecule has 0 bridgehead atoms. The van der Waals surface area contributed by atoms with Crippen LogP contribution < -0.4 is 9.80 Å². The zero-order valence-corrected chi connectivity index (χ0v) is 33.3. The first-order valence-electron chi connectivity index (χ1n) is 20.4. The van der Waals surface area contributed by atoms with Crippen LogP contribution in [0.15, 0.2) is 218 Å². The van der Waals surface area contributed by atoms with Gasteiger partial charge in [-0.15, -0.1) is 0 Å². The SMILES string of the molecule is CC1(C)c2ccccc2-c2ccc(N(c3ccc(/C=C/c4ccc(-c5ccc(N(c6ccccc6)c6ccccc6)cc5)cc4)cc3)c3cccc4ccccc34)cc21. The first kappa shape index (κ1) is 36.0. The molecule has 9 aromatic carbocycles. The van der Waals surface area contributed by atoms with Gasteiger partial charge in [0.15, 0.2) is 0 Å². The Hall–Kier alpha value is -7.42. The number of nitrogens with zero attached hydrogens (tertiary/aromatic N) is 2. The predicted molar refractivity (Wildman–Crippen MR) is 252 cm³/mol. The molecule has 1 aliphatic rings. The molecule has 1 aliphatic carbocycles. The lowest BCUT2D eigenvalue weighted by atomic mass is 9.82. The Balaban J connectivity index is 0.911. The van der Waals surface area contributed by atoms with Crippen molar-refractivity contribution in [2.45, 2.75) is 19.3 Å². The first-order valence-corrected chi connectivity index (χ1v) is 20.4. The van der Waals surface area contributed by atoms with Crippen LogP contribution in [0.1, 0.15) is 36.1 Å². The van der Waals surface area contributed by atoms with Crippen molar-refractivity contribution in [2.75, 3.05) is 9.80 Å². The molecule has 9 aromatic rings. The summed E-state index contributed by atoms with van der Waals surface area (Å²) >= 11 is 0. The molecular weight excluding hydrogens is 713 g/mol. The van der Waals surface area contributed by atoms with Crippen LogP contribution in [0.4, 0.5) is 34.1 Å². The highest BCUT2D eigenvalue weighted by atomic mass is 15.1. The summed E-state index contributed by atoms with van der Waals surface area (Å²) in [4.78, 5) is 4.71. The van der Waals surface area contributed by atoms with Crippen LogP contribution in [0, 0.1) is 0 Å². The second-order valence-corrected chi connectivity index (χ2v) is 15.8. The molecule has 0 unspecified atom stereocenters. The van der Waals surface area contributed by atoms with Gasteiger partial charge in [0.05, 0.1) is 5.69 Å². The largest absolute Gasteiger partial charge is 0.311 e. The van der Waals surface area contributed by atoms with Crippen LogP contribution in [0.3, 0.4) is 0 Å². The van der Waals surface area contributed by atoms with E-state index >= 15 is 0 Å². The topological polar surface area (TPSA) is 6.48 Å². The minimum absolute atomic E-state index is 0.0864. The fourth-order valence-electron chi connectivity index (χ4n) is 8.78. The fourth-order valence-corrected chi connectivity index (χ4v) is 8.78. The Morgan fingerprint density at radius 1 is 0.356 bits per heavy atom. The number of para-hydroxylation sites is 2. The summed E-state index contributed by atoms with van der Waals surface area (Å²) in [7, 11) is 0. The average Bonchev–Trinajstić information content (AvgIpc) is 3.53. The van der Waals surface area contributed by atoms with Gasteiger partial charge in [-0.1, -0.05) is 178 Å². The summed E-state index contributed by atoms with van der Waals surface area (Å²) < 4.78 is 0. The molecule has 10 rings (SSSR count). The van der Waals surface area contributed by atoms with Crippen molar-refractivity contribution in [1.82, 2.24) is 0 Å². The Morgan fingerprint density at radius 2 is 0.831 bits per heavy atom. The molecule has 0 heterocycles. The van der Waals surface area contributed by atoms with Gasteiger partial charge in [0, 0.05) is 39.2 Å². The van der Waals surface area contributed by atoms with Gasteiger partial charge in [-0.25, -0.2) is 0 Å². The average molecular weight is 757 g/mol. The standard InChI is InChI=1S/C57H44N2/c1-57(2)54-22-12-11-21-52(54)53-39-38-50(40-55(53)57)59(56-23-13-15-45-14-9-10-20-51(45)56)49-34-28-42(29-35-49)25-24-41-26-30-43(31-27-41)44-32-36-48(37-33-44)58(46-16-5-3-6-17-46)47-18-7-4-8-19-47/h3-40H,1-2H3/b25-24+. The fraction of sp³-hybridized carbons (Fsp3) is 0.0526. The van der Waals surface area contributed by atoms with Crippen LogP contribution in [-0.2, 0) is 5.41 Å². The molecule has 0 saturated carbocycles. The molecule has 0 amide bonds. The molecule has 0 N–H and O–H groups in total. The maximum absolute atomic E-state index is 2.42. The van der Waals surface area contributed by atoms with E-state index < -0.39 is 0 Å². The number of hydrogen-bond donors (Lipinski definition) is 0. The van der Waals surface area contributed by atoms with E-state index in [1.807, 2.05) is 0 Å². The number of rotatable bonds is 9. The van der Waals surface area contributed by atoms with Gasteiger partial charge in [-0.2, -0.15) is 0 Å². The van der Waals surface area contributed by atoms with Crippen LogP contribution in [-0.4, -0.2) is 0 Å². The highest BCUT2D eigenvalue weighted by molar-refractivity contribution is 5.99. The molecule has 0 aliphatic heterocycles. The van der Waals surface area contributed by atoms with Crippen LogP contribution in [0.25, 0.3) is 45.2 Å². The first-order chi connectivity index (χ1) is 29.0. The molecule has 0 atom stereocenters. The minimum atomic E-state index is -0.0864. The van der Waals surface area contributed by atoms with Crippen molar-refractivity contribution in [1.29, 1.82) is 0 Å². The van der Waals surface area contributed by atoms with Crippen molar-refractivity contribution >= 4 is 57.0 Å². The zero-order valence-electron chi connectivity index (χ0n) is 33.3. The second-order valence-electron chi connectivity index (χ2n) is 15.8. The van der Waals surface area contributed by atoms with Gasteiger partial charge in [0.2, 0.25) is 0 Å². The summed E-state index contributed by atoms with van der Waals surface area (Å²) in [5.41, 5.74) is 16.9. The highest BCUT2D eigenvalue weighted by Crippen LogP contribution is 2.51. The number of anilines is 6. The van der Waals surface area contributed by atoms with E-state index in [9.17, 15) is 0 Å². The van der Waals surface area contributed by atoms with Crippen molar-refractivity contribution in [2.24, 2.45) is 0 Å². The third kappa shape index (κ3) is 6.79. The molecule has 59 heavy (non-hydrogen) atoms. The van der Waals surface area contributed by atoms with E-state index in [1.54, 1.807) is 0 Å². The molecular formula is C57H44N2. The predicted octanol–water partition coefficient (Wildman–Crippen LogP) is 15.9.